The van der Waals surface area contributed by atoms with Gasteiger partial charge in [0.05, 0.1) is 18.4 Å². The fraction of sp³-hybridized carbons (Fsp3) is 0.150. The molecule has 7 heteroatoms. The highest BCUT2D eigenvalue weighted by atomic mass is 32.2. The van der Waals surface area contributed by atoms with Crippen LogP contribution < -0.4 is 4.90 Å². The van der Waals surface area contributed by atoms with E-state index in [0.717, 1.165) is 22.2 Å². The quantitative estimate of drug-likeness (QED) is 0.373. The monoisotopic (exact) mass is 381 g/mol. The number of fused-ring (bicyclic) bond motifs is 3. The SMILES string of the molecule is COC(=O)C12Sc3ccccc3N1C(=O)C(=O)/C2=C(\O)c1ccc(C)cc1. The van der Waals surface area contributed by atoms with Crippen LogP contribution in [-0.4, -0.2) is 34.7 Å². The number of rotatable bonds is 2. The van der Waals surface area contributed by atoms with Crippen molar-refractivity contribution < 1.29 is 24.2 Å². The van der Waals surface area contributed by atoms with Crippen molar-refractivity contribution in [1.29, 1.82) is 0 Å². The number of amides is 1. The number of carbonyl (C=O) groups excluding carboxylic acids is 3. The molecule has 1 N–H and O–H groups in total. The average molecular weight is 381 g/mol. The van der Waals surface area contributed by atoms with E-state index in [1.54, 1.807) is 48.5 Å². The Balaban J connectivity index is 2.01. The number of carbonyl (C=O) groups is 3. The molecule has 0 radical (unpaired) electrons. The van der Waals surface area contributed by atoms with E-state index >= 15 is 0 Å². The zero-order chi connectivity index (χ0) is 19.3. The van der Waals surface area contributed by atoms with E-state index < -0.39 is 28.3 Å². The summed E-state index contributed by atoms with van der Waals surface area (Å²) in [5, 5.41) is 10.9. The van der Waals surface area contributed by atoms with Gasteiger partial charge in [-0.25, -0.2) is 4.79 Å². The fourth-order valence-corrected chi connectivity index (χ4v) is 4.84. The second-order valence-corrected chi connectivity index (χ2v) is 7.50. The van der Waals surface area contributed by atoms with Crippen LogP contribution in [0.3, 0.4) is 0 Å². The Hall–Kier alpha value is -3.06. The van der Waals surface area contributed by atoms with Gasteiger partial charge in [0.2, 0.25) is 4.87 Å². The van der Waals surface area contributed by atoms with Gasteiger partial charge in [-0.05, 0) is 19.1 Å². The standard InChI is InChI=1S/C20H15NO5S/c1-11-7-9-12(10-8-11)16(22)15-17(23)18(24)21-13-5-3-4-6-14(13)27-20(15,21)19(25)26-2/h3-10,22H,1-2H3/b16-15+. The zero-order valence-electron chi connectivity index (χ0n) is 14.6. The molecule has 0 aromatic heterocycles. The normalized spacial score (nSPS) is 22.5. The first kappa shape index (κ1) is 17.4. The summed E-state index contributed by atoms with van der Waals surface area (Å²) >= 11 is 1.02. The van der Waals surface area contributed by atoms with Crippen molar-refractivity contribution in [2.45, 2.75) is 16.7 Å². The number of hydrogen-bond donors (Lipinski definition) is 1. The van der Waals surface area contributed by atoms with E-state index in [1.807, 2.05) is 6.92 Å². The number of esters is 1. The number of aliphatic hydroxyl groups excluding tert-OH is 1. The van der Waals surface area contributed by atoms with Crippen molar-refractivity contribution in [1.82, 2.24) is 0 Å². The summed E-state index contributed by atoms with van der Waals surface area (Å²) in [6.07, 6.45) is 0. The predicted molar refractivity (Wildman–Crippen MR) is 100 cm³/mol. The summed E-state index contributed by atoms with van der Waals surface area (Å²) < 4.78 is 4.95. The van der Waals surface area contributed by atoms with Crippen LogP contribution in [0, 0.1) is 6.92 Å². The summed E-state index contributed by atoms with van der Waals surface area (Å²) in [5.74, 6) is -2.98. The third kappa shape index (κ3) is 2.24. The van der Waals surface area contributed by atoms with Gasteiger partial charge in [-0.2, -0.15) is 0 Å². The number of ketones is 1. The van der Waals surface area contributed by atoms with Gasteiger partial charge < -0.3 is 9.84 Å². The lowest BCUT2D eigenvalue weighted by Gasteiger charge is -2.28. The van der Waals surface area contributed by atoms with E-state index in [0.29, 0.717) is 16.1 Å². The number of methoxy groups -OCH3 is 1. The van der Waals surface area contributed by atoms with E-state index in [9.17, 15) is 19.5 Å². The van der Waals surface area contributed by atoms with Gasteiger partial charge in [0, 0.05) is 10.5 Å². The van der Waals surface area contributed by atoms with Crippen molar-refractivity contribution in [2.24, 2.45) is 0 Å². The van der Waals surface area contributed by atoms with Crippen molar-refractivity contribution in [2.75, 3.05) is 12.0 Å². The number of benzene rings is 2. The number of hydrogen-bond acceptors (Lipinski definition) is 6. The van der Waals surface area contributed by atoms with Crippen LogP contribution >= 0.6 is 11.8 Å². The maximum Gasteiger partial charge on any atom is 0.348 e. The molecule has 27 heavy (non-hydrogen) atoms. The minimum atomic E-state index is -1.78. The highest BCUT2D eigenvalue weighted by Gasteiger charge is 2.67. The van der Waals surface area contributed by atoms with Crippen LogP contribution in [0.4, 0.5) is 5.69 Å². The Morgan fingerprint density at radius 1 is 1.11 bits per heavy atom. The van der Waals surface area contributed by atoms with Crippen molar-refractivity contribution >= 4 is 40.9 Å². The summed E-state index contributed by atoms with van der Waals surface area (Å²) in [5.41, 5.74) is 1.48. The van der Waals surface area contributed by atoms with Crippen LogP contribution in [0.25, 0.3) is 5.76 Å². The molecule has 0 aliphatic carbocycles. The molecule has 0 spiro atoms. The number of para-hydroxylation sites is 1. The molecule has 0 bridgehead atoms. The van der Waals surface area contributed by atoms with Crippen LogP contribution in [-0.2, 0) is 19.1 Å². The molecule has 0 saturated carbocycles. The number of Topliss-reactive ketones (excluding diaryl/α,β-unsaturated/α-hetero) is 1. The molecule has 4 rings (SSSR count). The minimum Gasteiger partial charge on any atom is -0.507 e. The average Bonchev–Trinajstić information content (AvgIpc) is 3.12. The smallest absolute Gasteiger partial charge is 0.348 e. The molecule has 1 saturated heterocycles. The molecule has 1 atom stereocenters. The molecule has 2 heterocycles. The highest BCUT2D eigenvalue weighted by Crippen LogP contribution is 2.58. The van der Waals surface area contributed by atoms with Gasteiger partial charge in [0.1, 0.15) is 5.76 Å². The van der Waals surface area contributed by atoms with Gasteiger partial charge in [-0.15, -0.1) is 0 Å². The Morgan fingerprint density at radius 3 is 2.44 bits per heavy atom. The van der Waals surface area contributed by atoms with Crippen LogP contribution in [0.15, 0.2) is 59.0 Å². The van der Waals surface area contributed by atoms with E-state index in [4.69, 9.17) is 4.74 Å². The zero-order valence-corrected chi connectivity index (χ0v) is 15.4. The number of ether oxygens (including phenoxy) is 1. The predicted octanol–water partition coefficient (Wildman–Crippen LogP) is 2.86. The van der Waals surface area contributed by atoms with E-state index in [2.05, 4.69) is 0 Å². The number of nitrogens with zero attached hydrogens (tertiary/aromatic N) is 1. The minimum absolute atomic E-state index is 0.274. The van der Waals surface area contributed by atoms with E-state index in [1.165, 1.54) is 7.11 Å². The number of anilines is 1. The van der Waals surface area contributed by atoms with Gasteiger partial charge in [0.25, 0.3) is 5.78 Å². The first-order chi connectivity index (χ1) is 12.9. The van der Waals surface area contributed by atoms with Crippen molar-refractivity contribution in [3.8, 4) is 0 Å². The third-order valence-corrected chi connectivity index (χ3v) is 6.08. The maximum atomic E-state index is 12.8. The summed E-state index contributed by atoms with van der Waals surface area (Å²) in [6, 6.07) is 13.7. The molecule has 6 nitrogen and oxygen atoms in total. The van der Waals surface area contributed by atoms with Gasteiger partial charge >= 0.3 is 11.9 Å². The fourth-order valence-electron chi connectivity index (χ4n) is 3.38. The lowest BCUT2D eigenvalue weighted by Crippen LogP contribution is -2.48. The highest BCUT2D eigenvalue weighted by molar-refractivity contribution is 8.02. The number of thioether (sulfide) groups is 1. The lowest BCUT2D eigenvalue weighted by atomic mass is 9.99. The molecule has 1 fully saturated rings. The Morgan fingerprint density at radius 2 is 1.78 bits per heavy atom. The second kappa shape index (κ2) is 5.99. The van der Waals surface area contributed by atoms with Crippen molar-refractivity contribution in [3.63, 3.8) is 0 Å². The number of aryl methyl sites for hydroxylation is 1. The number of aliphatic hydroxyl groups is 1. The topological polar surface area (TPSA) is 83.9 Å². The molecular formula is C20H15NO5S. The second-order valence-electron chi connectivity index (χ2n) is 6.26. The van der Waals surface area contributed by atoms with E-state index in [-0.39, 0.29) is 5.57 Å². The Bertz CT molecular complexity index is 1030. The van der Waals surface area contributed by atoms with Crippen LogP contribution in [0.2, 0.25) is 0 Å². The third-order valence-electron chi connectivity index (χ3n) is 4.67. The largest absolute Gasteiger partial charge is 0.507 e. The Kier molecular flexibility index (Phi) is 3.85. The van der Waals surface area contributed by atoms with Gasteiger partial charge in [-0.3, -0.25) is 14.5 Å². The first-order valence-corrected chi connectivity index (χ1v) is 8.99. The molecule has 2 aliphatic heterocycles. The van der Waals surface area contributed by atoms with Gasteiger partial charge in [-0.1, -0.05) is 53.7 Å². The van der Waals surface area contributed by atoms with Crippen molar-refractivity contribution in [3.05, 3.63) is 65.2 Å². The molecule has 1 amide bonds. The van der Waals surface area contributed by atoms with Crippen LogP contribution in [0.1, 0.15) is 11.1 Å². The maximum absolute atomic E-state index is 12.8. The Labute approximate surface area is 159 Å². The molecule has 2 aromatic rings. The summed E-state index contributed by atoms with van der Waals surface area (Å²) in [4.78, 5) is 38.4. The molecule has 1 unspecified atom stereocenters. The molecular weight excluding hydrogens is 366 g/mol. The summed E-state index contributed by atoms with van der Waals surface area (Å²) in [7, 11) is 1.19. The van der Waals surface area contributed by atoms with Gasteiger partial charge in [0.15, 0.2) is 0 Å². The molecule has 2 aliphatic rings. The van der Waals surface area contributed by atoms with Crippen LogP contribution in [0.5, 0.6) is 0 Å². The summed E-state index contributed by atoms with van der Waals surface area (Å²) in [6.45, 7) is 1.89. The molecule has 136 valence electrons. The first-order valence-electron chi connectivity index (χ1n) is 8.18. The lowest BCUT2D eigenvalue weighted by molar-refractivity contribution is -0.142. The molecule has 2 aromatic carbocycles.